The first kappa shape index (κ1) is 17.6. The summed E-state index contributed by atoms with van der Waals surface area (Å²) in [5.74, 6) is 2.05. The van der Waals surface area contributed by atoms with Gasteiger partial charge >= 0.3 is 0 Å². The van der Waals surface area contributed by atoms with Crippen LogP contribution in [0, 0.1) is 0 Å². The van der Waals surface area contributed by atoms with Gasteiger partial charge in [0.1, 0.15) is 11.6 Å². The van der Waals surface area contributed by atoms with E-state index in [1.54, 1.807) is 0 Å². The molecular weight excluding hydrogens is 312 g/mol. The fraction of sp³-hybridized carbons (Fsp3) is 0.550. The van der Waals surface area contributed by atoms with Gasteiger partial charge < -0.3 is 9.88 Å². The van der Waals surface area contributed by atoms with Crippen LogP contribution in [-0.2, 0) is 24.8 Å². The zero-order valence-corrected chi connectivity index (χ0v) is 15.5. The van der Waals surface area contributed by atoms with Crippen LogP contribution in [0.25, 0.3) is 0 Å². The van der Waals surface area contributed by atoms with Gasteiger partial charge in [0.25, 0.3) is 5.91 Å². The van der Waals surface area contributed by atoms with Crippen molar-refractivity contribution in [3.05, 3.63) is 47.0 Å². The summed E-state index contributed by atoms with van der Waals surface area (Å²) >= 11 is 0. The predicted octanol–water partition coefficient (Wildman–Crippen LogP) is 3.27. The van der Waals surface area contributed by atoms with Crippen molar-refractivity contribution in [3.63, 3.8) is 0 Å². The third-order valence-electron chi connectivity index (χ3n) is 4.83. The van der Waals surface area contributed by atoms with Crippen LogP contribution in [0.2, 0.25) is 0 Å². The first-order valence-electron chi connectivity index (χ1n) is 9.25. The van der Waals surface area contributed by atoms with E-state index in [-0.39, 0.29) is 11.3 Å². The third-order valence-corrected chi connectivity index (χ3v) is 4.83. The smallest absolute Gasteiger partial charge is 0.251 e. The molecule has 3 rings (SSSR count). The molecule has 5 heteroatoms. The number of fused-ring (bicyclic) bond motifs is 1. The summed E-state index contributed by atoms with van der Waals surface area (Å²) < 4.78 is 2.23. The highest BCUT2D eigenvalue weighted by Crippen LogP contribution is 2.22. The van der Waals surface area contributed by atoms with Crippen LogP contribution in [0.5, 0.6) is 0 Å². The molecule has 0 fully saturated rings. The minimum atomic E-state index is -0.0314. The number of aryl methyl sites for hydroxylation is 1. The number of aromatic nitrogens is 3. The summed E-state index contributed by atoms with van der Waals surface area (Å²) in [6, 6.07) is 7.87. The van der Waals surface area contributed by atoms with Gasteiger partial charge in [0.05, 0.1) is 0 Å². The van der Waals surface area contributed by atoms with E-state index in [0.717, 1.165) is 31.0 Å². The SMILES string of the molecule is CC(C)(C)c1ccc(C(=O)NCCc2nnc3n2CCCCC3)cc1. The first-order valence-corrected chi connectivity index (χ1v) is 9.25. The minimum Gasteiger partial charge on any atom is -0.352 e. The molecule has 1 amide bonds. The van der Waals surface area contributed by atoms with Gasteiger partial charge in [-0.2, -0.15) is 0 Å². The molecule has 0 bridgehead atoms. The molecule has 2 aromatic rings. The van der Waals surface area contributed by atoms with Crippen LogP contribution in [0.1, 0.15) is 67.6 Å². The van der Waals surface area contributed by atoms with Crippen LogP contribution in [-0.4, -0.2) is 27.2 Å². The van der Waals surface area contributed by atoms with Crippen LogP contribution in [0.4, 0.5) is 0 Å². The summed E-state index contributed by atoms with van der Waals surface area (Å²) in [6.07, 6.45) is 5.37. The molecule has 0 radical (unpaired) electrons. The summed E-state index contributed by atoms with van der Waals surface area (Å²) in [6.45, 7) is 8.09. The second-order valence-corrected chi connectivity index (χ2v) is 7.83. The van der Waals surface area contributed by atoms with Gasteiger partial charge in [-0.25, -0.2) is 0 Å². The molecule has 0 atom stereocenters. The molecule has 2 heterocycles. The predicted molar refractivity (Wildman–Crippen MR) is 98.8 cm³/mol. The van der Waals surface area contributed by atoms with E-state index in [1.807, 2.05) is 24.3 Å². The van der Waals surface area contributed by atoms with Crippen molar-refractivity contribution in [2.24, 2.45) is 0 Å². The Morgan fingerprint density at radius 3 is 2.60 bits per heavy atom. The van der Waals surface area contributed by atoms with Crippen LogP contribution >= 0.6 is 0 Å². The quantitative estimate of drug-likeness (QED) is 0.929. The molecule has 1 aliphatic heterocycles. The van der Waals surface area contributed by atoms with Crippen molar-refractivity contribution in [2.45, 2.75) is 64.8 Å². The highest BCUT2D eigenvalue weighted by atomic mass is 16.1. The zero-order chi connectivity index (χ0) is 17.9. The number of hydrogen-bond acceptors (Lipinski definition) is 3. The van der Waals surface area contributed by atoms with Crippen molar-refractivity contribution in [1.82, 2.24) is 20.1 Å². The lowest BCUT2D eigenvalue weighted by Gasteiger charge is -2.19. The second kappa shape index (κ2) is 7.38. The Kier molecular flexibility index (Phi) is 5.21. The first-order chi connectivity index (χ1) is 11.9. The number of nitrogens with zero attached hydrogens (tertiary/aromatic N) is 3. The van der Waals surface area contributed by atoms with Gasteiger partial charge in [-0.15, -0.1) is 10.2 Å². The Morgan fingerprint density at radius 2 is 1.88 bits per heavy atom. The van der Waals surface area contributed by atoms with Gasteiger partial charge in [0.15, 0.2) is 0 Å². The average Bonchev–Trinajstić information content (AvgIpc) is 2.81. The number of carbonyl (C=O) groups is 1. The monoisotopic (exact) mass is 340 g/mol. The molecule has 0 unspecified atom stereocenters. The maximum Gasteiger partial charge on any atom is 0.251 e. The Hall–Kier alpha value is -2.17. The van der Waals surface area contributed by atoms with Gasteiger partial charge in [-0.05, 0) is 36.0 Å². The molecule has 0 aliphatic carbocycles. The maximum atomic E-state index is 12.3. The number of amides is 1. The Labute approximate surface area is 149 Å². The summed E-state index contributed by atoms with van der Waals surface area (Å²) in [5, 5.41) is 11.6. The fourth-order valence-electron chi connectivity index (χ4n) is 3.24. The van der Waals surface area contributed by atoms with Crippen LogP contribution in [0.15, 0.2) is 24.3 Å². The summed E-state index contributed by atoms with van der Waals surface area (Å²) in [4.78, 5) is 12.3. The number of carbonyl (C=O) groups excluding carboxylic acids is 1. The zero-order valence-electron chi connectivity index (χ0n) is 15.5. The number of rotatable bonds is 4. The summed E-state index contributed by atoms with van der Waals surface area (Å²) in [7, 11) is 0. The van der Waals surface area contributed by atoms with Crippen LogP contribution < -0.4 is 5.32 Å². The molecule has 5 nitrogen and oxygen atoms in total. The lowest BCUT2D eigenvalue weighted by Crippen LogP contribution is -2.26. The van der Waals surface area contributed by atoms with Crippen molar-refractivity contribution < 1.29 is 4.79 Å². The largest absolute Gasteiger partial charge is 0.352 e. The van der Waals surface area contributed by atoms with Crippen LogP contribution in [0.3, 0.4) is 0 Å². The number of hydrogen-bond donors (Lipinski definition) is 1. The highest BCUT2D eigenvalue weighted by Gasteiger charge is 2.16. The van der Waals surface area contributed by atoms with E-state index in [0.29, 0.717) is 12.1 Å². The minimum absolute atomic E-state index is 0.0314. The molecular formula is C20H28N4O. The Bertz CT molecular complexity index is 725. The van der Waals surface area contributed by atoms with Gasteiger partial charge in [-0.3, -0.25) is 4.79 Å². The van der Waals surface area contributed by atoms with Gasteiger partial charge in [-0.1, -0.05) is 39.3 Å². The maximum absolute atomic E-state index is 12.3. The number of benzene rings is 1. The Balaban J connectivity index is 1.55. The second-order valence-electron chi connectivity index (χ2n) is 7.83. The third kappa shape index (κ3) is 4.27. The van der Waals surface area contributed by atoms with Gasteiger partial charge in [0.2, 0.25) is 0 Å². The topological polar surface area (TPSA) is 59.8 Å². The lowest BCUT2D eigenvalue weighted by molar-refractivity contribution is 0.0954. The lowest BCUT2D eigenvalue weighted by atomic mass is 9.87. The number of nitrogens with one attached hydrogen (secondary N) is 1. The molecule has 0 spiro atoms. The van der Waals surface area contributed by atoms with Crippen molar-refractivity contribution in [1.29, 1.82) is 0 Å². The molecule has 1 aliphatic rings. The molecule has 134 valence electrons. The molecule has 0 saturated heterocycles. The normalized spacial score (nSPS) is 14.7. The molecule has 0 saturated carbocycles. The van der Waals surface area contributed by atoms with Crippen molar-refractivity contribution in [2.75, 3.05) is 6.54 Å². The van der Waals surface area contributed by atoms with Crippen molar-refractivity contribution in [3.8, 4) is 0 Å². The van der Waals surface area contributed by atoms with E-state index in [2.05, 4.69) is 40.9 Å². The molecule has 25 heavy (non-hydrogen) atoms. The molecule has 1 aromatic heterocycles. The van der Waals surface area contributed by atoms with E-state index in [1.165, 1.54) is 24.8 Å². The van der Waals surface area contributed by atoms with E-state index in [9.17, 15) is 4.79 Å². The van der Waals surface area contributed by atoms with E-state index < -0.39 is 0 Å². The summed E-state index contributed by atoms with van der Waals surface area (Å²) in [5.41, 5.74) is 2.03. The highest BCUT2D eigenvalue weighted by molar-refractivity contribution is 5.94. The molecule has 1 N–H and O–H groups in total. The van der Waals surface area contributed by atoms with Gasteiger partial charge in [0, 0.05) is 31.5 Å². The molecule has 1 aromatic carbocycles. The van der Waals surface area contributed by atoms with E-state index in [4.69, 9.17) is 0 Å². The Morgan fingerprint density at radius 1 is 1.12 bits per heavy atom. The average molecular weight is 340 g/mol. The van der Waals surface area contributed by atoms with Crippen molar-refractivity contribution >= 4 is 5.91 Å². The standard InChI is InChI=1S/C20H28N4O/c1-20(2,3)16-10-8-15(9-11-16)19(25)21-13-12-18-23-22-17-7-5-4-6-14-24(17)18/h8-11H,4-7,12-14H2,1-3H3,(H,21,25). The fourth-order valence-corrected chi connectivity index (χ4v) is 3.24. The van der Waals surface area contributed by atoms with E-state index >= 15 is 0 Å².